The molecular formula is C15H20O3. The van der Waals surface area contributed by atoms with Crippen molar-refractivity contribution >= 4 is 0 Å². The average molecular weight is 248 g/mol. The Bertz CT molecular complexity index is 422. The van der Waals surface area contributed by atoms with Gasteiger partial charge >= 0.3 is 0 Å². The van der Waals surface area contributed by atoms with Crippen LogP contribution >= 0.6 is 0 Å². The second kappa shape index (κ2) is 4.09. The Balaban J connectivity index is 1.88. The van der Waals surface area contributed by atoms with Crippen LogP contribution in [-0.2, 0) is 14.2 Å². The van der Waals surface area contributed by atoms with E-state index in [1.54, 1.807) is 7.11 Å². The summed E-state index contributed by atoms with van der Waals surface area (Å²) < 4.78 is 17.7. The zero-order valence-corrected chi connectivity index (χ0v) is 11.1. The predicted molar refractivity (Wildman–Crippen MR) is 67.8 cm³/mol. The van der Waals surface area contributed by atoms with E-state index in [0.29, 0.717) is 12.5 Å². The van der Waals surface area contributed by atoms with Crippen molar-refractivity contribution in [2.24, 2.45) is 5.92 Å². The molecule has 18 heavy (non-hydrogen) atoms. The van der Waals surface area contributed by atoms with Gasteiger partial charge in [0, 0.05) is 20.0 Å². The van der Waals surface area contributed by atoms with Gasteiger partial charge < -0.3 is 14.2 Å². The number of hydrogen-bond acceptors (Lipinski definition) is 3. The molecule has 98 valence electrons. The van der Waals surface area contributed by atoms with Crippen LogP contribution < -0.4 is 0 Å². The summed E-state index contributed by atoms with van der Waals surface area (Å²) in [7, 11) is 1.70. The molecule has 2 saturated heterocycles. The molecule has 0 aromatic heterocycles. The Morgan fingerprint density at radius 1 is 1.61 bits per heavy atom. The zero-order chi connectivity index (χ0) is 12.8. The Hall–Kier alpha value is -0.820. The predicted octanol–water partition coefficient (Wildman–Crippen LogP) is 2.27. The largest absolute Gasteiger partial charge is 0.370 e. The highest BCUT2D eigenvalue weighted by Crippen LogP contribution is 2.53. The molecule has 3 heteroatoms. The normalized spacial score (nSPS) is 46.2. The van der Waals surface area contributed by atoms with Crippen LogP contribution in [0.1, 0.15) is 32.6 Å². The fraction of sp³-hybridized carbons (Fsp3) is 0.733. The highest BCUT2D eigenvalue weighted by molar-refractivity contribution is 5.31. The summed E-state index contributed by atoms with van der Waals surface area (Å²) >= 11 is 0. The van der Waals surface area contributed by atoms with Crippen molar-refractivity contribution in [2.75, 3.05) is 13.7 Å². The number of rotatable bonds is 2. The number of terminal acetylenes is 1. The highest BCUT2D eigenvalue weighted by Gasteiger charge is 2.60. The fourth-order valence-corrected chi connectivity index (χ4v) is 3.54. The summed E-state index contributed by atoms with van der Waals surface area (Å²) in [5, 5.41) is 0. The lowest BCUT2D eigenvalue weighted by atomic mass is 9.77. The monoisotopic (exact) mass is 248 g/mol. The molecule has 0 radical (unpaired) electrons. The SMILES string of the molecule is C#CCC1C=C2CO[C@H]3CC(C)(OC)OC23CC1. The molecule has 0 amide bonds. The maximum Gasteiger partial charge on any atom is 0.169 e. The summed E-state index contributed by atoms with van der Waals surface area (Å²) in [6.07, 6.45) is 11.5. The molecule has 4 atom stereocenters. The molecule has 0 bridgehead atoms. The van der Waals surface area contributed by atoms with Crippen LogP contribution in [0.25, 0.3) is 0 Å². The van der Waals surface area contributed by atoms with Gasteiger partial charge in [-0.3, -0.25) is 0 Å². The van der Waals surface area contributed by atoms with Crippen LogP contribution in [0.2, 0.25) is 0 Å². The van der Waals surface area contributed by atoms with Crippen LogP contribution in [0, 0.1) is 18.3 Å². The third kappa shape index (κ3) is 1.64. The van der Waals surface area contributed by atoms with Crippen LogP contribution in [0.15, 0.2) is 11.6 Å². The zero-order valence-electron chi connectivity index (χ0n) is 11.1. The van der Waals surface area contributed by atoms with E-state index in [4.69, 9.17) is 20.6 Å². The van der Waals surface area contributed by atoms with Gasteiger partial charge in [-0.15, -0.1) is 12.3 Å². The number of ether oxygens (including phenoxy) is 3. The van der Waals surface area contributed by atoms with E-state index in [0.717, 1.165) is 25.7 Å². The Labute approximate surface area is 108 Å². The Morgan fingerprint density at radius 2 is 2.44 bits per heavy atom. The van der Waals surface area contributed by atoms with Gasteiger partial charge in [0.1, 0.15) is 5.60 Å². The number of hydrogen-bond donors (Lipinski definition) is 0. The van der Waals surface area contributed by atoms with Crippen molar-refractivity contribution in [1.82, 2.24) is 0 Å². The highest BCUT2D eigenvalue weighted by atomic mass is 16.7. The van der Waals surface area contributed by atoms with Crippen molar-refractivity contribution in [1.29, 1.82) is 0 Å². The third-order valence-corrected chi connectivity index (χ3v) is 4.59. The first-order valence-corrected chi connectivity index (χ1v) is 6.63. The fourth-order valence-electron chi connectivity index (χ4n) is 3.54. The Kier molecular flexibility index (Phi) is 2.78. The summed E-state index contributed by atoms with van der Waals surface area (Å²) in [5.41, 5.74) is 1.04. The van der Waals surface area contributed by atoms with Crippen molar-refractivity contribution < 1.29 is 14.2 Å². The van der Waals surface area contributed by atoms with E-state index >= 15 is 0 Å². The third-order valence-electron chi connectivity index (χ3n) is 4.59. The van der Waals surface area contributed by atoms with Gasteiger partial charge in [-0.1, -0.05) is 6.08 Å². The van der Waals surface area contributed by atoms with Crippen molar-refractivity contribution in [2.45, 2.75) is 50.1 Å². The maximum absolute atomic E-state index is 6.27. The minimum absolute atomic E-state index is 0.139. The van der Waals surface area contributed by atoms with E-state index in [1.165, 1.54) is 5.57 Å². The molecule has 0 saturated carbocycles. The van der Waals surface area contributed by atoms with Crippen molar-refractivity contribution in [3.05, 3.63) is 11.6 Å². The quantitative estimate of drug-likeness (QED) is 0.554. The van der Waals surface area contributed by atoms with Crippen molar-refractivity contribution in [3.8, 4) is 12.3 Å². The molecule has 3 aliphatic rings. The molecule has 2 heterocycles. The minimum atomic E-state index is -0.511. The molecule has 1 spiro atoms. The summed E-state index contributed by atoms with van der Waals surface area (Å²) in [6, 6.07) is 0. The summed E-state index contributed by atoms with van der Waals surface area (Å²) in [5.74, 6) is 2.72. The summed E-state index contributed by atoms with van der Waals surface area (Å²) in [4.78, 5) is 0. The van der Waals surface area contributed by atoms with Crippen LogP contribution in [-0.4, -0.2) is 31.2 Å². The van der Waals surface area contributed by atoms with Gasteiger partial charge in [-0.05, 0) is 31.3 Å². The van der Waals surface area contributed by atoms with Gasteiger partial charge in [0.15, 0.2) is 5.79 Å². The van der Waals surface area contributed by atoms with Gasteiger partial charge in [0.25, 0.3) is 0 Å². The van der Waals surface area contributed by atoms with E-state index in [1.807, 2.05) is 6.92 Å². The molecule has 1 aliphatic carbocycles. The first kappa shape index (κ1) is 12.2. The topological polar surface area (TPSA) is 27.7 Å². The molecule has 3 nitrogen and oxygen atoms in total. The molecule has 3 unspecified atom stereocenters. The van der Waals surface area contributed by atoms with E-state index < -0.39 is 5.79 Å². The van der Waals surface area contributed by atoms with Gasteiger partial charge in [-0.2, -0.15) is 0 Å². The number of methoxy groups -OCH3 is 1. The maximum atomic E-state index is 6.27. The lowest BCUT2D eigenvalue weighted by molar-refractivity contribution is -0.221. The second-order valence-electron chi connectivity index (χ2n) is 5.73. The molecule has 3 rings (SSSR count). The lowest BCUT2D eigenvalue weighted by Gasteiger charge is -2.36. The van der Waals surface area contributed by atoms with Crippen molar-refractivity contribution in [3.63, 3.8) is 0 Å². The van der Waals surface area contributed by atoms with Crippen LogP contribution in [0.3, 0.4) is 0 Å². The Morgan fingerprint density at radius 3 is 3.17 bits per heavy atom. The van der Waals surface area contributed by atoms with E-state index in [2.05, 4.69) is 12.0 Å². The van der Waals surface area contributed by atoms with Gasteiger partial charge in [-0.25, -0.2) is 0 Å². The van der Waals surface area contributed by atoms with Crippen LogP contribution in [0.5, 0.6) is 0 Å². The molecule has 0 aromatic carbocycles. The number of allylic oxidation sites excluding steroid dienone is 1. The van der Waals surface area contributed by atoms with Gasteiger partial charge in [0.2, 0.25) is 0 Å². The smallest absolute Gasteiger partial charge is 0.169 e. The molecule has 2 aliphatic heterocycles. The average Bonchev–Trinajstić information content (AvgIpc) is 2.82. The molecular weight excluding hydrogens is 228 g/mol. The van der Waals surface area contributed by atoms with E-state index in [9.17, 15) is 0 Å². The molecule has 0 N–H and O–H groups in total. The van der Waals surface area contributed by atoms with Crippen LogP contribution in [0.4, 0.5) is 0 Å². The minimum Gasteiger partial charge on any atom is -0.370 e. The van der Waals surface area contributed by atoms with E-state index in [-0.39, 0.29) is 11.7 Å². The molecule has 0 aromatic rings. The van der Waals surface area contributed by atoms with Gasteiger partial charge in [0.05, 0.1) is 12.7 Å². The lowest BCUT2D eigenvalue weighted by Crippen LogP contribution is -2.41. The first-order valence-electron chi connectivity index (χ1n) is 6.63. The standard InChI is InChI=1S/C15H20O3/c1-4-5-11-6-7-15-12(8-11)10-17-13(15)9-14(2,16-3)18-15/h1,8,11,13H,5-7,9-10H2,2-3H3/t11?,13-,14?,15?/m0/s1. The molecule has 2 fully saturated rings. The summed E-state index contributed by atoms with van der Waals surface area (Å²) in [6.45, 7) is 2.68. The first-order chi connectivity index (χ1) is 8.62. The second-order valence-corrected chi connectivity index (χ2v) is 5.73.